The van der Waals surface area contributed by atoms with E-state index in [9.17, 15) is 9.59 Å². The largest absolute Gasteiger partial charge is 0.486 e. The van der Waals surface area contributed by atoms with Gasteiger partial charge in [-0.2, -0.15) is 5.10 Å². The molecule has 0 unspecified atom stereocenters. The van der Waals surface area contributed by atoms with Gasteiger partial charge in [0.25, 0.3) is 5.91 Å². The summed E-state index contributed by atoms with van der Waals surface area (Å²) in [7, 11) is 0. The number of nitrogens with zero attached hydrogens (tertiary/aromatic N) is 2. The van der Waals surface area contributed by atoms with Gasteiger partial charge in [-0.05, 0) is 37.3 Å². The molecule has 3 aromatic rings. The van der Waals surface area contributed by atoms with E-state index in [4.69, 9.17) is 21.1 Å². The van der Waals surface area contributed by atoms with Crippen molar-refractivity contribution in [3.05, 3.63) is 57.3 Å². The summed E-state index contributed by atoms with van der Waals surface area (Å²) in [6.07, 6.45) is 0. The molecule has 0 saturated carbocycles. The lowest BCUT2D eigenvalue weighted by Gasteiger charge is -2.19. The number of aromatic nitrogens is 2. The number of hydrogen-bond acceptors (Lipinski definition) is 5. The van der Waals surface area contributed by atoms with Crippen molar-refractivity contribution in [1.29, 1.82) is 0 Å². The molecule has 0 aliphatic carbocycles. The second kappa shape index (κ2) is 6.92. The Hall–Kier alpha value is -3.06. The maximum Gasteiger partial charge on any atom is 0.280 e. The molecule has 0 bridgehead atoms. The number of fused-ring (bicyclic) bond motifs is 2. The van der Waals surface area contributed by atoms with Crippen LogP contribution in [0.2, 0.25) is 5.02 Å². The number of aryl methyl sites for hydroxylation is 1. The number of benzene rings is 2. The van der Waals surface area contributed by atoms with E-state index in [0.29, 0.717) is 52.9 Å². The Kier molecular flexibility index (Phi) is 4.45. The number of halogens is 1. The van der Waals surface area contributed by atoms with Gasteiger partial charge in [-0.1, -0.05) is 11.6 Å². The molecule has 0 saturated heterocycles. The molecule has 7 nitrogen and oxygen atoms in total. The molecule has 138 valence electrons. The van der Waals surface area contributed by atoms with E-state index in [1.165, 1.54) is 0 Å². The summed E-state index contributed by atoms with van der Waals surface area (Å²) in [4.78, 5) is 25.5. The number of nitrogens with one attached hydrogen (secondary N) is 1. The van der Waals surface area contributed by atoms with Crippen LogP contribution in [0.15, 0.2) is 41.2 Å². The van der Waals surface area contributed by atoms with Crippen LogP contribution in [0.3, 0.4) is 0 Å². The minimum Gasteiger partial charge on any atom is -0.486 e. The third-order valence-corrected chi connectivity index (χ3v) is 4.47. The molecule has 0 spiro atoms. The Morgan fingerprint density at radius 1 is 1.19 bits per heavy atom. The van der Waals surface area contributed by atoms with Crippen LogP contribution in [0.4, 0.5) is 5.69 Å². The smallest absolute Gasteiger partial charge is 0.280 e. The van der Waals surface area contributed by atoms with Crippen LogP contribution in [-0.2, 0) is 6.54 Å². The Bertz CT molecular complexity index is 1110. The highest BCUT2D eigenvalue weighted by Crippen LogP contribution is 2.32. The highest BCUT2D eigenvalue weighted by Gasteiger charge is 2.19. The van der Waals surface area contributed by atoms with Gasteiger partial charge in [0.15, 0.2) is 17.2 Å². The quantitative estimate of drug-likeness (QED) is 0.749. The summed E-state index contributed by atoms with van der Waals surface area (Å²) >= 11 is 6.02. The molecule has 2 aromatic carbocycles. The van der Waals surface area contributed by atoms with Gasteiger partial charge >= 0.3 is 0 Å². The Balaban J connectivity index is 1.72. The molecule has 1 aliphatic heterocycles. The minimum atomic E-state index is -0.597. The van der Waals surface area contributed by atoms with E-state index in [1.807, 2.05) is 6.92 Å². The van der Waals surface area contributed by atoms with Gasteiger partial charge in [0.2, 0.25) is 5.43 Å². The van der Waals surface area contributed by atoms with Crippen molar-refractivity contribution in [2.24, 2.45) is 0 Å². The maximum absolute atomic E-state index is 12.8. The molecule has 0 fully saturated rings. The maximum atomic E-state index is 12.8. The third-order valence-electron chi connectivity index (χ3n) is 4.23. The predicted octanol–water partition coefficient (Wildman–Crippen LogP) is 3.09. The summed E-state index contributed by atoms with van der Waals surface area (Å²) in [6, 6.07) is 10.0. The van der Waals surface area contributed by atoms with Crippen LogP contribution >= 0.6 is 11.6 Å². The number of ether oxygens (including phenoxy) is 2. The highest BCUT2D eigenvalue weighted by molar-refractivity contribution is 6.31. The van der Waals surface area contributed by atoms with Gasteiger partial charge in [-0.3, -0.25) is 14.3 Å². The second-order valence-corrected chi connectivity index (χ2v) is 6.40. The first kappa shape index (κ1) is 17.4. The standard InChI is InChI=1S/C19H16ClN3O4/c1-2-23-14-5-3-11(20)9-13(14)18(24)17(22-23)19(25)21-12-4-6-15-16(10-12)27-8-7-26-15/h3-6,9-10H,2,7-8H2,1H3,(H,21,25). The first-order valence-corrected chi connectivity index (χ1v) is 8.86. The Morgan fingerprint density at radius 3 is 2.74 bits per heavy atom. The molecular formula is C19H16ClN3O4. The van der Waals surface area contributed by atoms with Crippen molar-refractivity contribution in [2.45, 2.75) is 13.5 Å². The van der Waals surface area contributed by atoms with Crippen molar-refractivity contribution < 1.29 is 14.3 Å². The molecule has 1 amide bonds. The monoisotopic (exact) mass is 385 g/mol. The highest BCUT2D eigenvalue weighted by atomic mass is 35.5. The topological polar surface area (TPSA) is 82.5 Å². The fourth-order valence-corrected chi connectivity index (χ4v) is 3.14. The molecule has 8 heteroatoms. The second-order valence-electron chi connectivity index (χ2n) is 5.97. The molecule has 1 aliphatic rings. The van der Waals surface area contributed by atoms with E-state index < -0.39 is 11.3 Å². The molecular weight excluding hydrogens is 370 g/mol. The molecule has 27 heavy (non-hydrogen) atoms. The third kappa shape index (κ3) is 3.21. The Labute approximate surface area is 159 Å². The summed E-state index contributed by atoms with van der Waals surface area (Å²) in [5.41, 5.74) is 0.455. The number of hydrogen-bond donors (Lipinski definition) is 1. The zero-order valence-corrected chi connectivity index (χ0v) is 15.2. The lowest BCUT2D eigenvalue weighted by Crippen LogP contribution is -2.27. The van der Waals surface area contributed by atoms with Gasteiger partial charge < -0.3 is 14.8 Å². The fourth-order valence-electron chi connectivity index (χ4n) is 2.96. The van der Waals surface area contributed by atoms with E-state index in [0.717, 1.165) is 0 Å². The average molecular weight is 386 g/mol. The van der Waals surface area contributed by atoms with E-state index >= 15 is 0 Å². The summed E-state index contributed by atoms with van der Waals surface area (Å²) in [5, 5.41) is 7.70. The van der Waals surface area contributed by atoms with Gasteiger partial charge in [0.05, 0.1) is 10.9 Å². The fraction of sp³-hybridized carbons (Fsp3) is 0.211. The van der Waals surface area contributed by atoms with Gasteiger partial charge in [0, 0.05) is 23.3 Å². The summed E-state index contributed by atoms with van der Waals surface area (Å²) in [6.45, 7) is 3.31. The summed E-state index contributed by atoms with van der Waals surface area (Å²) < 4.78 is 12.6. The van der Waals surface area contributed by atoms with Crippen molar-refractivity contribution in [3.8, 4) is 11.5 Å². The summed E-state index contributed by atoms with van der Waals surface area (Å²) in [5.74, 6) is 0.565. The van der Waals surface area contributed by atoms with Gasteiger partial charge in [0.1, 0.15) is 13.2 Å². The van der Waals surface area contributed by atoms with Crippen molar-refractivity contribution >= 4 is 34.1 Å². The van der Waals surface area contributed by atoms with Crippen LogP contribution in [0.25, 0.3) is 10.9 Å². The molecule has 2 heterocycles. The van der Waals surface area contributed by atoms with Gasteiger partial charge in [-0.25, -0.2) is 0 Å². The van der Waals surface area contributed by atoms with E-state index in [-0.39, 0.29) is 5.69 Å². The van der Waals surface area contributed by atoms with Crippen molar-refractivity contribution in [2.75, 3.05) is 18.5 Å². The number of amides is 1. The van der Waals surface area contributed by atoms with Crippen LogP contribution in [0, 0.1) is 0 Å². The number of carbonyl (C=O) groups excluding carboxylic acids is 1. The Morgan fingerprint density at radius 2 is 1.96 bits per heavy atom. The first-order chi connectivity index (χ1) is 13.1. The molecule has 1 N–H and O–H groups in total. The van der Waals surface area contributed by atoms with Crippen molar-refractivity contribution in [3.63, 3.8) is 0 Å². The predicted molar refractivity (Wildman–Crippen MR) is 102 cm³/mol. The average Bonchev–Trinajstić information content (AvgIpc) is 2.68. The normalized spacial score (nSPS) is 12.8. The molecule has 0 atom stereocenters. The van der Waals surface area contributed by atoms with Crippen LogP contribution in [0.5, 0.6) is 11.5 Å². The van der Waals surface area contributed by atoms with Gasteiger partial charge in [-0.15, -0.1) is 0 Å². The first-order valence-electron chi connectivity index (χ1n) is 8.48. The number of carbonyl (C=O) groups is 1. The lowest BCUT2D eigenvalue weighted by atomic mass is 10.2. The molecule has 4 rings (SSSR count). The molecule has 0 radical (unpaired) electrons. The lowest BCUT2D eigenvalue weighted by molar-refractivity contribution is 0.101. The zero-order chi connectivity index (χ0) is 19.0. The van der Waals surface area contributed by atoms with E-state index in [1.54, 1.807) is 41.1 Å². The van der Waals surface area contributed by atoms with Crippen LogP contribution in [-0.4, -0.2) is 28.9 Å². The zero-order valence-electron chi connectivity index (χ0n) is 14.5. The minimum absolute atomic E-state index is 0.193. The van der Waals surface area contributed by atoms with Crippen LogP contribution < -0.4 is 20.2 Å². The number of anilines is 1. The van der Waals surface area contributed by atoms with Crippen LogP contribution in [0.1, 0.15) is 17.4 Å². The number of rotatable bonds is 3. The molecule has 1 aromatic heterocycles. The van der Waals surface area contributed by atoms with E-state index in [2.05, 4.69) is 10.4 Å². The SMILES string of the molecule is CCn1nc(C(=O)Nc2ccc3c(c2)OCCO3)c(=O)c2cc(Cl)ccc21. The van der Waals surface area contributed by atoms with Crippen molar-refractivity contribution in [1.82, 2.24) is 9.78 Å².